The summed E-state index contributed by atoms with van der Waals surface area (Å²) in [5, 5.41) is 2.27. The molecule has 0 atom stereocenters. The molecule has 11 rings (SSSR count). The number of benzene rings is 9. The van der Waals surface area contributed by atoms with Crippen LogP contribution in [-0.2, 0) is 5.41 Å². The first-order valence-corrected chi connectivity index (χ1v) is 20.0. The van der Waals surface area contributed by atoms with E-state index in [1.807, 2.05) is 0 Å². The zero-order valence-electron chi connectivity index (χ0n) is 32.1. The number of hydrogen-bond acceptors (Lipinski definition) is 2. The molecular weight excluding hydrogens is 703 g/mol. The first-order valence-electron chi connectivity index (χ1n) is 20.0. The van der Waals surface area contributed by atoms with E-state index in [0.29, 0.717) is 0 Å². The van der Waals surface area contributed by atoms with Crippen molar-refractivity contribution in [2.24, 2.45) is 0 Å². The maximum Gasteiger partial charge on any atom is 0.136 e. The predicted octanol–water partition coefficient (Wildman–Crippen LogP) is 15.4. The van der Waals surface area contributed by atoms with Crippen molar-refractivity contribution in [3.8, 4) is 44.5 Å². The van der Waals surface area contributed by atoms with Gasteiger partial charge in [-0.15, -0.1) is 0 Å². The van der Waals surface area contributed by atoms with Crippen molar-refractivity contribution in [1.29, 1.82) is 0 Å². The van der Waals surface area contributed by atoms with E-state index in [1.54, 1.807) is 0 Å². The van der Waals surface area contributed by atoms with E-state index in [2.05, 4.69) is 230 Å². The number of anilines is 3. The number of hydrogen-bond donors (Lipinski definition) is 0. The monoisotopic (exact) mass is 741 g/mol. The van der Waals surface area contributed by atoms with Gasteiger partial charge in [0.15, 0.2) is 0 Å². The second-order valence-corrected chi connectivity index (χ2v) is 15.4. The molecule has 0 radical (unpaired) electrons. The second kappa shape index (κ2) is 13.7. The Morgan fingerprint density at radius 2 is 0.879 bits per heavy atom. The van der Waals surface area contributed by atoms with Gasteiger partial charge in [-0.2, -0.15) is 0 Å². The highest BCUT2D eigenvalue weighted by Gasteiger charge is 2.40. The van der Waals surface area contributed by atoms with Crippen LogP contribution in [0.1, 0.15) is 23.6 Å². The molecule has 0 spiro atoms. The minimum absolute atomic E-state index is 0.290. The van der Waals surface area contributed by atoms with E-state index < -0.39 is 0 Å². The van der Waals surface area contributed by atoms with Crippen LogP contribution >= 0.6 is 0 Å². The summed E-state index contributed by atoms with van der Waals surface area (Å²) in [6.45, 7) is 2.37. The normalized spacial score (nSPS) is 12.7. The molecule has 1 aromatic heterocycles. The molecule has 10 aromatic rings. The molecule has 0 saturated carbocycles. The Balaban J connectivity index is 1.02. The molecule has 0 bridgehead atoms. The minimum Gasteiger partial charge on any atom is -0.456 e. The molecule has 9 aromatic carbocycles. The molecule has 0 amide bonds. The fourth-order valence-corrected chi connectivity index (χ4v) is 9.27. The molecule has 0 unspecified atom stereocenters. The fraction of sp³-hybridized carbons (Fsp3) is 0.0357. The van der Waals surface area contributed by atoms with Crippen LogP contribution in [0.15, 0.2) is 223 Å². The van der Waals surface area contributed by atoms with Crippen molar-refractivity contribution < 1.29 is 4.42 Å². The summed E-state index contributed by atoms with van der Waals surface area (Å²) in [5.74, 6) is 0. The highest BCUT2D eigenvalue weighted by molar-refractivity contribution is 6.13. The highest BCUT2D eigenvalue weighted by atomic mass is 16.3. The van der Waals surface area contributed by atoms with E-state index in [9.17, 15) is 0 Å². The molecule has 0 fully saturated rings. The van der Waals surface area contributed by atoms with Gasteiger partial charge in [0.1, 0.15) is 11.2 Å². The third-order valence-electron chi connectivity index (χ3n) is 12.2. The van der Waals surface area contributed by atoms with Crippen LogP contribution in [0.5, 0.6) is 0 Å². The average Bonchev–Trinajstić information content (AvgIpc) is 3.81. The van der Waals surface area contributed by atoms with E-state index in [0.717, 1.165) is 50.1 Å². The Kier molecular flexibility index (Phi) is 7.97. The Labute approximate surface area is 338 Å². The topological polar surface area (TPSA) is 16.4 Å². The van der Waals surface area contributed by atoms with Crippen molar-refractivity contribution in [2.45, 2.75) is 12.3 Å². The maximum absolute atomic E-state index is 6.56. The van der Waals surface area contributed by atoms with E-state index in [-0.39, 0.29) is 5.41 Å². The summed E-state index contributed by atoms with van der Waals surface area (Å²) in [4.78, 5) is 2.35. The molecule has 1 aliphatic rings. The predicted molar refractivity (Wildman–Crippen MR) is 242 cm³/mol. The summed E-state index contributed by atoms with van der Waals surface area (Å²) in [6, 6.07) is 78.8. The van der Waals surface area contributed by atoms with Gasteiger partial charge < -0.3 is 9.32 Å². The molecule has 1 aliphatic carbocycles. The Morgan fingerprint density at radius 3 is 1.53 bits per heavy atom. The Hall–Kier alpha value is -7.42. The number of furan rings is 1. The van der Waals surface area contributed by atoms with Crippen LogP contribution in [-0.4, -0.2) is 0 Å². The van der Waals surface area contributed by atoms with Gasteiger partial charge in [0, 0.05) is 33.2 Å². The molecule has 2 heteroatoms. The van der Waals surface area contributed by atoms with Crippen molar-refractivity contribution in [3.05, 3.63) is 235 Å². The molecular formula is C56H39NO. The molecule has 58 heavy (non-hydrogen) atoms. The summed E-state index contributed by atoms with van der Waals surface area (Å²) in [5.41, 5.74) is 18.4. The van der Waals surface area contributed by atoms with Crippen LogP contribution in [0.3, 0.4) is 0 Å². The van der Waals surface area contributed by atoms with Gasteiger partial charge in [0.2, 0.25) is 0 Å². The zero-order chi connectivity index (χ0) is 38.6. The lowest BCUT2D eigenvalue weighted by Gasteiger charge is -2.28. The van der Waals surface area contributed by atoms with E-state index in [1.165, 1.54) is 50.1 Å². The maximum atomic E-state index is 6.56. The molecule has 0 saturated heterocycles. The van der Waals surface area contributed by atoms with Gasteiger partial charge in [-0.3, -0.25) is 0 Å². The SMILES string of the molecule is CC1(c2ccc3oc4cccc(-c5ccc(N(c6ccc(-c7ccccc7)cc6)c6cccc(-c7ccccc7)c6)cc5)c4c3c2)c2ccccc2-c2ccccc21. The van der Waals surface area contributed by atoms with Crippen molar-refractivity contribution in [2.75, 3.05) is 4.90 Å². The van der Waals surface area contributed by atoms with Gasteiger partial charge in [-0.1, -0.05) is 164 Å². The molecule has 1 heterocycles. The smallest absolute Gasteiger partial charge is 0.136 e. The lowest BCUT2D eigenvalue weighted by atomic mass is 9.74. The summed E-state index contributed by atoms with van der Waals surface area (Å²) in [6.07, 6.45) is 0. The van der Waals surface area contributed by atoms with Crippen molar-refractivity contribution in [1.82, 2.24) is 0 Å². The minimum atomic E-state index is -0.290. The van der Waals surface area contributed by atoms with Crippen LogP contribution in [0.2, 0.25) is 0 Å². The van der Waals surface area contributed by atoms with E-state index >= 15 is 0 Å². The van der Waals surface area contributed by atoms with Gasteiger partial charge in [-0.25, -0.2) is 0 Å². The molecule has 0 N–H and O–H groups in total. The van der Waals surface area contributed by atoms with Gasteiger partial charge >= 0.3 is 0 Å². The van der Waals surface area contributed by atoms with Crippen LogP contribution < -0.4 is 4.90 Å². The van der Waals surface area contributed by atoms with Crippen molar-refractivity contribution >= 4 is 39.0 Å². The second-order valence-electron chi connectivity index (χ2n) is 15.4. The molecule has 2 nitrogen and oxygen atoms in total. The van der Waals surface area contributed by atoms with Crippen LogP contribution in [0, 0.1) is 0 Å². The number of nitrogens with zero attached hydrogens (tertiary/aromatic N) is 1. The largest absolute Gasteiger partial charge is 0.456 e. The quantitative estimate of drug-likeness (QED) is 0.162. The third-order valence-corrected chi connectivity index (χ3v) is 12.2. The third kappa shape index (κ3) is 5.49. The Bertz CT molecular complexity index is 3060. The van der Waals surface area contributed by atoms with Crippen molar-refractivity contribution in [3.63, 3.8) is 0 Å². The molecule has 274 valence electrons. The van der Waals surface area contributed by atoms with Crippen LogP contribution in [0.25, 0.3) is 66.4 Å². The van der Waals surface area contributed by atoms with Crippen LogP contribution in [0.4, 0.5) is 17.1 Å². The van der Waals surface area contributed by atoms with Gasteiger partial charge in [-0.05, 0) is 123 Å². The lowest BCUT2D eigenvalue weighted by molar-refractivity contribution is 0.667. The standard InChI is InChI=1S/C56H39NO/c1-56(51-23-10-8-20-48(51)49-21-9-11-24-52(49)56)43-30-35-53-50(37-43)55-47(22-13-25-54(55)58-53)41-28-33-45(34-29-41)57(44-31-26-40(27-32-44)38-14-4-2-5-15-38)46-19-12-18-42(36-46)39-16-6-3-7-17-39/h2-37H,1H3. The average molecular weight is 742 g/mol. The zero-order valence-corrected chi connectivity index (χ0v) is 32.1. The summed E-state index contributed by atoms with van der Waals surface area (Å²) in [7, 11) is 0. The lowest BCUT2D eigenvalue weighted by Crippen LogP contribution is -2.22. The first kappa shape index (κ1) is 33.9. The number of fused-ring (bicyclic) bond motifs is 6. The van der Waals surface area contributed by atoms with Gasteiger partial charge in [0.05, 0.1) is 0 Å². The summed E-state index contributed by atoms with van der Waals surface area (Å²) >= 11 is 0. The fourth-order valence-electron chi connectivity index (χ4n) is 9.27. The number of rotatable bonds is 7. The summed E-state index contributed by atoms with van der Waals surface area (Å²) < 4.78 is 6.56. The first-order chi connectivity index (χ1) is 28.6. The van der Waals surface area contributed by atoms with Gasteiger partial charge in [0.25, 0.3) is 0 Å². The highest BCUT2D eigenvalue weighted by Crippen LogP contribution is 2.53. The Morgan fingerprint density at radius 1 is 0.362 bits per heavy atom. The molecule has 0 aliphatic heterocycles. The van der Waals surface area contributed by atoms with E-state index in [4.69, 9.17) is 4.42 Å².